The molecule has 0 fully saturated rings. The van der Waals surface area contributed by atoms with Gasteiger partial charge < -0.3 is 14.8 Å². The summed E-state index contributed by atoms with van der Waals surface area (Å²) in [5.74, 6) is 0. The lowest BCUT2D eigenvalue weighted by molar-refractivity contribution is 0.292. The molecule has 0 bridgehead atoms. The smallest absolute Gasteiger partial charge is 0.162 e. The van der Waals surface area contributed by atoms with Crippen molar-refractivity contribution in [3.05, 3.63) is 58.7 Å². The van der Waals surface area contributed by atoms with Crippen LogP contribution in [0.3, 0.4) is 0 Å². The topological polar surface area (TPSA) is 63.5 Å². The molecule has 2 N–H and O–H groups in total. The Balaban J connectivity index is 2.13. The molecule has 2 aromatic rings. The predicted molar refractivity (Wildman–Crippen MR) is 81.9 cm³/mol. The molecule has 3 rings (SSSR count). The third-order valence-electron chi connectivity index (χ3n) is 3.97. The second-order valence-corrected chi connectivity index (χ2v) is 6.60. The summed E-state index contributed by atoms with van der Waals surface area (Å²) >= 11 is -1.16. The van der Waals surface area contributed by atoms with E-state index in [9.17, 15) is 14.8 Å². The first-order chi connectivity index (χ1) is 10.3. The summed E-state index contributed by atoms with van der Waals surface area (Å²) < 4.78 is 12.7. The molecule has 110 valence electrons. The Morgan fingerprint density at radius 1 is 0.952 bits per heavy atom. The average Bonchev–Trinajstić information content (AvgIpc) is 2.50. The van der Waals surface area contributed by atoms with E-state index in [1.807, 2.05) is 36.4 Å². The van der Waals surface area contributed by atoms with E-state index >= 15 is 0 Å². The maximum absolute atomic E-state index is 12.7. The van der Waals surface area contributed by atoms with Gasteiger partial charge >= 0.3 is 0 Å². The first-order valence-corrected chi connectivity index (χ1v) is 8.26. The van der Waals surface area contributed by atoms with Crippen LogP contribution in [0.2, 0.25) is 0 Å². The standard InChI is InChI=1S/C17H18O3S/c18-9-7-12-5-6-17-15(14(12)8-10-19)11-13-3-1-2-4-16(13)21(17)20/h1-6,18-19H,7-11H2. The summed E-state index contributed by atoms with van der Waals surface area (Å²) in [6, 6.07) is 11.7. The summed E-state index contributed by atoms with van der Waals surface area (Å²) in [6.45, 7) is 0.139. The van der Waals surface area contributed by atoms with Crippen LogP contribution in [0.5, 0.6) is 0 Å². The van der Waals surface area contributed by atoms with Crippen LogP contribution in [-0.2, 0) is 30.4 Å². The minimum Gasteiger partial charge on any atom is -0.606 e. The average molecular weight is 302 g/mol. The second kappa shape index (κ2) is 6.20. The maximum atomic E-state index is 12.7. The first kappa shape index (κ1) is 14.6. The van der Waals surface area contributed by atoms with E-state index in [4.69, 9.17) is 0 Å². The van der Waals surface area contributed by atoms with Crippen LogP contribution >= 0.6 is 0 Å². The molecule has 0 saturated carbocycles. The van der Waals surface area contributed by atoms with Crippen molar-refractivity contribution in [3.8, 4) is 0 Å². The monoisotopic (exact) mass is 302 g/mol. The van der Waals surface area contributed by atoms with E-state index < -0.39 is 11.2 Å². The maximum Gasteiger partial charge on any atom is 0.162 e. The number of rotatable bonds is 4. The van der Waals surface area contributed by atoms with E-state index in [1.54, 1.807) is 0 Å². The number of benzene rings is 2. The molecule has 3 nitrogen and oxygen atoms in total. The van der Waals surface area contributed by atoms with E-state index in [0.717, 1.165) is 38.5 Å². The Morgan fingerprint density at radius 2 is 1.71 bits per heavy atom. The lowest BCUT2D eigenvalue weighted by atomic mass is 9.92. The molecule has 1 atom stereocenters. The molecule has 0 spiro atoms. The van der Waals surface area contributed by atoms with Crippen molar-refractivity contribution in [2.75, 3.05) is 13.2 Å². The minimum atomic E-state index is -1.16. The fourth-order valence-corrected chi connectivity index (χ4v) is 4.43. The molecular weight excluding hydrogens is 284 g/mol. The van der Waals surface area contributed by atoms with Crippen molar-refractivity contribution < 1.29 is 14.8 Å². The molecule has 4 heteroatoms. The van der Waals surface area contributed by atoms with Gasteiger partial charge in [-0.15, -0.1) is 0 Å². The number of fused-ring (bicyclic) bond motifs is 2. The molecule has 2 aromatic carbocycles. The van der Waals surface area contributed by atoms with Crippen LogP contribution in [0.1, 0.15) is 22.3 Å². The molecule has 0 radical (unpaired) electrons. The molecule has 1 aliphatic rings. The van der Waals surface area contributed by atoms with Gasteiger partial charge in [-0.25, -0.2) is 0 Å². The highest BCUT2D eigenvalue weighted by atomic mass is 32.2. The molecule has 21 heavy (non-hydrogen) atoms. The number of hydrogen-bond donors (Lipinski definition) is 2. The Morgan fingerprint density at radius 3 is 2.48 bits per heavy atom. The largest absolute Gasteiger partial charge is 0.606 e. The van der Waals surface area contributed by atoms with E-state index in [1.165, 1.54) is 0 Å². The summed E-state index contributed by atoms with van der Waals surface area (Å²) in [4.78, 5) is 1.73. The van der Waals surface area contributed by atoms with Crippen LogP contribution in [0.25, 0.3) is 0 Å². The SMILES string of the molecule is [O-][S+]1c2ccccc2Cc2c1ccc(CCO)c2CCO. The van der Waals surface area contributed by atoms with Crippen molar-refractivity contribution in [1.82, 2.24) is 0 Å². The van der Waals surface area contributed by atoms with Crippen molar-refractivity contribution in [3.63, 3.8) is 0 Å². The van der Waals surface area contributed by atoms with Gasteiger partial charge in [-0.05, 0) is 36.1 Å². The molecule has 1 heterocycles. The molecule has 0 aliphatic carbocycles. The highest BCUT2D eigenvalue weighted by molar-refractivity contribution is 7.91. The molecule has 1 aliphatic heterocycles. The highest BCUT2D eigenvalue weighted by Gasteiger charge is 2.30. The van der Waals surface area contributed by atoms with E-state index in [-0.39, 0.29) is 13.2 Å². The summed E-state index contributed by atoms with van der Waals surface area (Å²) in [5.41, 5.74) is 4.24. The van der Waals surface area contributed by atoms with E-state index in [2.05, 4.69) is 0 Å². The Kier molecular flexibility index (Phi) is 4.31. The van der Waals surface area contributed by atoms with Crippen molar-refractivity contribution in [2.24, 2.45) is 0 Å². The number of aliphatic hydroxyl groups excluding tert-OH is 2. The zero-order chi connectivity index (χ0) is 14.8. The van der Waals surface area contributed by atoms with E-state index in [0.29, 0.717) is 12.8 Å². The first-order valence-electron chi connectivity index (χ1n) is 7.11. The lowest BCUT2D eigenvalue weighted by Crippen LogP contribution is -2.18. The third kappa shape index (κ3) is 2.60. The summed E-state index contributed by atoms with van der Waals surface area (Å²) in [6.07, 6.45) is 1.85. The number of hydrogen-bond acceptors (Lipinski definition) is 3. The van der Waals surface area contributed by atoms with Crippen LogP contribution in [-0.4, -0.2) is 28.0 Å². The fourth-order valence-electron chi connectivity index (χ4n) is 3.01. The van der Waals surface area contributed by atoms with Crippen molar-refractivity contribution in [1.29, 1.82) is 0 Å². The fraction of sp³-hybridized carbons (Fsp3) is 0.294. The second-order valence-electron chi connectivity index (χ2n) is 5.18. The van der Waals surface area contributed by atoms with Gasteiger partial charge in [-0.3, -0.25) is 0 Å². The Labute approximate surface area is 127 Å². The zero-order valence-corrected chi connectivity index (χ0v) is 12.5. The summed E-state index contributed by atoms with van der Waals surface area (Å²) in [7, 11) is 0. The summed E-state index contributed by atoms with van der Waals surface area (Å²) in [5, 5.41) is 18.5. The quantitative estimate of drug-likeness (QED) is 0.847. The molecule has 0 aromatic heterocycles. The van der Waals surface area contributed by atoms with Crippen LogP contribution in [0.15, 0.2) is 46.2 Å². The molecular formula is C17H18O3S. The lowest BCUT2D eigenvalue weighted by Gasteiger charge is -2.25. The van der Waals surface area contributed by atoms with Gasteiger partial charge in [0.1, 0.15) is 0 Å². The van der Waals surface area contributed by atoms with Crippen molar-refractivity contribution in [2.45, 2.75) is 29.1 Å². The van der Waals surface area contributed by atoms with Gasteiger partial charge in [0, 0.05) is 41.9 Å². The van der Waals surface area contributed by atoms with Gasteiger partial charge in [0.05, 0.1) is 0 Å². The third-order valence-corrected chi connectivity index (χ3v) is 5.55. The Hall–Kier alpha value is -1.33. The van der Waals surface area contributed by atoms with Gasteiger partial charge in [0.15, 0.2) is 9.79 Å². The number of aliphatic hydroxyl groups is 2. The Bertz CT molecular complexity index is 654. The molecule has 0 saturated heterocycles. The van der Waals surface area contributed by atoms with Crippen molar-refractivity contribution >= 4 is 11.2 Å². The van der Waals surface area contributed by atoms with Gasteiger partial charge in [0.2, 0.25) is 0 Å². The van der Waals surface area contributed by atoms with Crippen LogP contribution in [0, 0.1) is 0 Å². The molecule has 1 unspecified atom stereocenters. The minimum absolute atomic E-state index is 0.0587. The van der Waals surface area contributed by atoms with Crippen LogP contribution < -0.4 is 0 Å². The van der Waals surface area contributed by atoms with Crippen LogP contribution in [0.4, 0.5) is 0 Å². The zero-order valence-electron chi connectivity index (χ0n) is 11.7. The predicted octanol–water partition coefficient (Wildman–Crippen LogP) is 1.83. The van der Waals surface area contributed by atoms with Gasteiger partial charge in [-0.1, -0.05) is 24.3 Å². The van der Waals surface area contributed by atoms with Gasteiger partial charge in [-0.2, -0.15) is 0 Å². The molecule has 0 amide bonds. The highest BCUT2D eigenvalue weighted by Crippen LogP contribution is 2.37. The van der Waals surface area contributed by atoms with Gasteiger partial charge in [0.25, 0.3) is 0 Å². The normalized spacial score (nSPS) is 16.4.